The molecule has 0 radical (unpaired) electrons. The Morgan fingerprint density at radius 3 is 2.08 bits per heavy atom. The van der Waals surface area contributed by atoms with Gasteiger partial charge in [-0.05, 0) is 18.2 Å². The average Bonchev–Trinajstić information content (AvgIpc) is 2.64. The smallest absolute Gasteiger partial charge is 0.315 e. The number of benzene rings is 2. The third-order valence-electron chi connectivity index (χ3n) is 3.57. The van der Waals surface area contributed by atoms with Crippen molar-refractivity contribution >= 4 is 6.03 Å². The summed E-state index contributed by atoms with van der Waals surface area (Å²) in [6, 6.07) is 12.8. The quantitative estimate of drug-likeness (QED) is 0.819. The summed E-state index contributed by atoms with van der Waals surface area (Å²) < 4.78 is 15.7. The van der Waals surface area contributed by atoms with Crippen LogP contribution >= 0.6 is 0 Å². The zero-order valence-corrected chi connectivity index (χ0v) is 14.1. The van der Waals surface area contributed by atoms with E-state index in [1.807, 2.05) is 36.4 Å². The van der Waals surface area contributed by atoms with Crippen LogP contribution in [0.4, 0.5) is 4.79 Å². The van der Waals surface area contributed by atoms with Crippen molar-refractivity contribution in [2.75, 3.05) is 21.3 Å². The monoisotopic (exact) mass is 330 g/mol. The summed E-state index contributed by atoms with van der Waals surface area (Å²) in [7, 11) is 4.78. The number of urea groups is 1. The number of nitrogens with one attached hydrogen (secondary N) is 2. The molecule has 2 aromatic carbocycles. The van der Waals surface area contributed by atoms with Gasteiger partial charge in [-0.1, -0.05) is 18.2 Å². The Morgan fingerprint density at radius 2 is 1.46 bits per heavy atom. The van der Waals surface area contributed by atoms with Crippen LogP contribution in [0, 0.1) is 0 Å². The van der Waals surface area contributed by atoms with Crippen molar-refractivity contribution in [3.63, 3.8) is 0 Å². The van der Waals surface area contributed by atoms with Gasteiger partial charge in [0.25, 0.3) is 0 Å². The number of methoxy groups -OCH3 is 3. The van der Waals surface area contributed by atoms with E-state index in [1.54, 1.807) is 27.4 Å². The van der Waals surface area contributed by atoms with Crippen LogP contribution in [0.3, 0.4) is 0 Å². The van der Waals surface area contributed by atoms with Gasteiger partial charge >= 0.3 is 6.03 Å². The molecular formula is C18H22N2O4. The minimum atomic E-state index is -0.265. The van der Waals surface area contributed by atoms with Gasteiger partial charge in [-0.2, -0.15) is 0 Å². The molecule has 24 heavy (non-hydrogen) atoms. The minimum absolute atomic E-state index is 0.265. The highest BCUT2D eigenvalue weighted by atomic mass is 16.5. The summed E-state index contributed by atoms with van der Waals surface area (Å²) in [4.78, 5) is 12.0. The van der Waals surface area contributed by atoms with E-state index < -0.39 is 0 Å². The van der Waals surface area contributed by atoms with Gasteiger partial charge in [0.2, 0.25) is 0 Å². The van der Waals surface area contributed by atoms with Gasteiger partial charge in [0.05, 0.1) is 21.3 Å². The summed E-state index contributed by atoms with van der Waals surface area (Å²) in [5, 5.41) is 5.62. The van der Waals surface area contributed by atoms with E-state index >= 15 is 0 Å². The molecule has 128 valence electrons. The maximum Gasteiger partial charge on any atom is 0.315 e. The van der Waals surface area contributed by atoms with Crippen LogP contribution in [0.1, 0.15) is 11.1 Å². The highest BCUT2D eigenvalue weighted by molar-refractivity contribution is 5.74. The second-order valence-electron chi connectivity index (χ2n) is 5.03. The summed E-state index contributed by atoms with van der Waals surface area (Å²) in [6.07, 6.45) is 0. The minimum Gasteiger partial charge on any atom is -0.497 e. The highest BCUT2D eigenvalue weighted by Gasteiger charge is 2.08. The van der Waals surface area contributed by atoms with E-state index in [-0.39, 0.29) is 6.03 Å². The van der Waals surface area contributed by atoms with Gasteiger partial charge < -0.3 is 24.8 Å². The maximum absolute atomic E-state index is 12.0. The Bertz CT molecular complexity index is 688. The van der Waals surface area contributed by atoms with Gasteiger partial charge in [0, 0.05) is 30.3 Å². The predicted molar refractivity (Wildman–Crippen MR) is 91.6 cm³/mol. The van der Waals surface area contributed by atoms with Crippen molar-refractivity contribution in [2.24, 2.45) is 0 Å². The topological polar surface area (TPSA) is 68.8 Å². The lowest BCUT2D eigenvalue weighted by Crippen LogP contribution is -2.34. The number of hydrogen-bond donors (Lipinski definition) is 2. The van der Waals surface area contributed by atoms with Crippen molar-refractivity contribution in [3.05, 3.63) is 53.6 Å². The standard InChI is InChI=1S/C18H22N2O4/c1-22-15-9-8-14(17(10-15)24-3)12-20-18(21)19-11-13-6-4-5-7-16(13)23-2/h4-10H,11-12H2,1-3H3,(H2,19,20,21). The largest absolute Gasteiger partial charge is 0.497 e. The molecule has 0 fully saturated rings. The Balaban J connectivity index is 1.89. The van der Waals surface area contributed by atoms with Crippen LogP contribution in [-0.4, -0.2) is 27.4 Å². The van der Waals surface area contributed by atoms with Crippen LogP contribution in [0.2, 0.25) is 0 Å². The van der Waals surface area contributed by atoms with Gasteiger partial charge in [0.15, 0.2) is 0 Å². The lowest BCUT2D eigenvalue weighted by molar-refractivity contribution is 0.240. The van der Waals surface area contributed by atoms with Crippen LogP contribution in [0.25, 0.3) is 0 Å². The number of rotatable bonds is 7. The molecule has 0 saturated carbocycles. The zero-order valence-electron chi connectivity index (χ0n) is 14.1. The number of carbonyl (C=O) groups excluding carboxylic acids is 1. The second-order valence-corrected chi connectivity index (χ2v) is 5.03. The molecule has 2 rings (SSSR count). The van der Waals surface area contributed by atoms with Crippen molar-refractivity contribution in [1.82, 2.24) is 10.6 Å². The molecule has 0 saturated heterocycles. The predicted octanol–water partition coefficient (Wildman–Crippen LogP) is 2.71. The Kier molecular flexibility index (Phi) is 6.31. The average molecular weight is 330 g/mol. The van der Waals surface area contributed by atoms with E-state index in [0.29, 0.717) is 24.6 Å². The van der Waals surface area contributed by atoms with E-state index in [9.17, 15) is 4.79 Å². The molecule has 2 N–H and O–H groups in total. The number of carbonyl (C=O) groups is 1. The van der Waals surface area contributed by atoms with E-state index in [1.165, 1.54) is 0 Å². The van der Waals surface area contributed by atoms with Gasteiger partial charge in [0.1, 0.15) is 17.2 Å². The lowest BCUT2D eigenvalue weighted by atomic mass is 10.2. The molecule has 0 spiro atoms. The first-order valence-corrected chi connectivity index (χ1v) is 7.52. The Morgan fingerprint density at radius 1 is 0.833 bits per heavy atom. The van der Waals surface area contributed by atoms with Crippen molar-refractivity contribution < 1.29 is 19.0 Å². The first-order valence-electron chi connectivity index (χ1n) is 7.52. The molecule has 2 amide bonds. The first kappa shape index (κ1) is 17.5. The highest BCUT2D eigenvalue weighted by Crippen LogP contribution is 2.24. The Hall–Kier alpha value is -2.89. The third kappa shape index (κ3) is 4.55. The number of para-hydroxylation sites is 1. The van der Waals surface area contributed by atoms with Crippen LogP contribution < -0.4 is 24.8 Å². The molecule has 6 heteroatoms. The van der Waals surface area contributed by atoms with E-state index in [2.05, 4.69) is 10.6 Å². The molecule has 0 aliphatic heterocycles. The zero-order chi connectivity index (χ0) is 17.4. The summed E-state index contributed by atoms with van der Waals surface area (Å²) in [5.74, 6) is 2.12. The number of ether oxygens (including phenoxy) is 3. The fourth-order valence-corrected chi connectivity index (χ4v) is 2.26. The fourth-order valence-electron chi connectivity index (χ4n) is 2.26. The second kappa shape index (κ2) is 8.67. The van der Waals surface area contributed by atoms with E-state index in [0.717, 1.165) is 16.9 Å². The molecule has 0 aromatic heterocycles. The summed E-state index contributed by atoms with van der Waals surface area (Å²) >= 11 is 0. The molecule has 0 atom stereocenters. The van der Waals surface area contributed by atoms with Crippen molar-refractivity contribution in [3.8, 4) is 17.2 Å². The van der Waals surface area contributed by atoms with Gasteiger partial charge in [-0.25, -0.2) is 4.79 Å². The number of hydrogen-bond acceptors (Lipinski definition) is 4. The van der Waals surface area contributed by atoms with Crippen LogP contribution in [0.15, 0.2) is 42.5 Å². The van der Waals surface area contributed by atoms with Gasteiger partial charge in [-0.15, -0.1) is 0 Å². The fraction of sp³-hybridized carbons (Fsp3) is 0.278. The van der Waals surface area contributed by atoms with E-state index in [4.69, 9.17) is 14.2 Å². The van der Waals surface area contributed by atoms with Crippen LogP contribution in [-0.2, 0) is 13.1 Å². The normalized spacial score (nSPS) is 9.96. The molecule has 0 aliphatic rings. The molecule has 6 nitrogen and oxygen atoms in total. The third-order valence-corrected chi connectivity index (χ3v) is 3.57. The maximum atomic E-state index is 12.0. The molecule has 0 bridgehead atoms. The molecular weight excluding hydrogens is 308 g/mol. The summed E-state index contributed by atoms with van der Waals surface area (Å²) in [5.41, 5.74) is 1.78. The van der Waals surface area contributed by atoms with Crippen molar-refractivity contribution in [1.29, 1.82) is 0 Å². The number of amides is 2. The van der Waals surface area contributed by atoms with Crippen molar-refractivity contribution in [2.45, 2.75) is 13.1 Å². The van der Waals surface area contributed by atoms with Crippen LogP contribution in [0.5, 0.6) is 17.2 Å². The molecule has 2 aromatic rings. The summed E-state index contributed by atoms with van der Waals surface area (Å²) in [6.45, 7) is 0.737. The molecule has 0 unspecified atom stereocenters. The Labute approximate surface area is 141 Å². The lowest BCUT2D eigenvalue weighted by Gasteiger charge is -2.13. The molecule has 0 heterocycles. The first-order chi connectivity index (χ1) is 11.7. The van der Waals surface area contributed by atoms with Gasteiger partial charge in [-0.3, -0.25) is 0 Å². The molecule has 0 aliphatic carbocycles. The SMILES string of the molecule is COc1ccc(CNC(=O)NCc2ccccc2OC)c(OC)c1.